The molecule has 44 heavy (non-hydrogen) atoms. The number of rotatable bonds is 22. The van der Waals surface area contributed by atoms with Crippen LogP contribution in [0, 0.1) is 12.3 Å². The molecule has 0 radical (unpaired) electrons. The molecule has 0 saturated carbocycles. The highest BCUT2D eigenvalue weighted by molar-refractivity contribution is 5.67. The number of carbonyl (C=O) groups is 1. The summed E-state index contributed by atoms with van der Waals surface area (Å²) in [7, 11) is 0. The maximum atomic E-state index is 12.0. The first kappa shape index (κ1) is 38.7. The lowest BCUT2D eigenvalue weighted by Gasteiger charge is -2.40. The van der Waals surface area contributed by atoms with Gasteiger partial charge in [0, 0.05) is 45.8 Å². The average molecular weight is 629 g/mol. The highest BCUT2D eigenvalue weighted by Crippen LogP contribution is 2.20. The molecule has 1 amide bonds. The van der Waals surface area contributed by atoms with Gasteiger partial charge in [-0.3, -0.25) is 9.80 Å². The van der Waals surface area contributed by atoms with Crippen molar-refractivity contribution >= 4 is 6.09 Å². The summed E-state index contributed by atoms with van der Waals surface area (Å²) in [6.07, 6.45) is 6.66. The summed E-state index contributed by atoms with van der Waals surface area (Å²) >= 11 is 0. The van der Waals surface area contributed by atoms with Crippen LogP contribution in [0.4, 0.5) is 4.79 Å². The summed E-state index contributed by atoms with van der Waals surface area (Å²) in [6, 6.07) is 0.213. The Labute approximate surface area is 266 Å². The van der Waals surface area contributed by atoms with Gasteiger partial charge in [-0.2, -0.15) is 0 Å². The number of hydrogen-bond donors (Lipinski definition) is 1. The predicted molar refractivity (Wildman–Crippen MR) is 170 cm³/mol. The minimum Gasteiger partial charge on any atom is -0.444 e. The van der Waals surface area contributed by atoms with Crippen LogP contribution >= 0.6 is 0 Å². The number of nitrogens with zero attached hydrogens (tertiary/aromatic N) is 3. The summed E-state index contributed by atoms with van der Waals surface area (Å²) in [5, 5.41) is 2.87. The van der Waals surface area contributed by atoms with Crippen LogP contribution in [0.1, 0.15) is 47.5 Å². The fraction of sp³-hybridized carbons (Fsp3) is 0.906. The topological polar surface area (TPSA) is 103 Å². The Morgan fingerprint density at radius 3 is 1.95 bits per heavy atom. The van der Waals surface area contributed by atoms with Crippen molar-refractivity contribution in [1.29, 1.82) is 0 Å². The van der Waals surface area contributed by atoms with Crippen LogP contribution in [0.5, 0.6) is 0 Å². The van der Waals surface area contributed by atoms with E-state index in [0.717, 1.165) is 65.2 Å². The lowest BCUT2D eigenvalue weighted by atomic mass is 10.2. The predicted octanol–water partition coefficient (Wildman–Crippen LogP) is 2.06. The molecular weight excluding hydrogens is 568 g/mol. The Balaban J connectivity index is 1.54. The molecule has 12 nitrogen and oxygen atoms in total. The maximum Gasteiger partial charge on any atom is 0.407 e. The zero-order valence-corrected chi connectivity index (χ0v) is 28.1. The standard InChI is InChI=1S/C32H60N4O8/c1-7-19-38-21-23-40-25-26-41-24-22-39-20-18-35-16-14-34(15-17-35)11-9-13-36(29-27-42-32(5,6)43-28-29)12-8-10-33-30(37)44-31(2,3)4/h1,29H,8-28H2,2-6H3,(H,33,37). The van der Waals surface area contributed by atoms with E-state index in [1.54, 1.807) is 0 Å². The van der Waals surface area contributed by atoms with Gasteiger partial charge in [0.05, 0.1) is 65.5 Å². The minimum atomic E-state index is -0.534. The second kappa shape index (κ2) is 22.1. The number of amides is 1. The van der Waals surface area contributed by atoms with Crippen LogP contribution < -0.4 is 5.32 Å². The van der Waals surface area contributed by atoms with Crippen LogP contribution in [0.15, 0.2) is 0 Å². The summed E-state index contributed by atoms with van der Waals surface area (Å²) < 4.78 is 39.1. The van der Waals surface area contributed by atoms with Crippen LogP contribution in [-0.2, 0) is 33.2 Å². The SMILES string of the molecule is C#CCOCCOCCOCCOCCN1CCN(CCCN(CCCNC(=O)OC(C)(C)C)C2COC(C)(C)OC2)CC1. The second-order valence-electron chi connectivity index (χ2n) is 12.6. The molecule has 2 aliphatic heterocycles. The van der Waals surface area contributed by atoms with Crippen molar-refractivity contribution in [3.05, 3.63) is 0 Å². The molecule has 2 rings (SSSR count). The minimum absolute atomic E-state index is 0.213. The van der Waals surface area contributed by atoms with Gasteiger partial charge in [0.1, 0.15) is 12.2 Å². The van der Waals surface area contributed by atoms with Crippen LogP contribution in [0.2, 0.25) is 0 Å². The number of hydrogen-bond acceptors (Lipinski definition) is 11. The number of piperazine rings is 1. The van der Waals surface area contributed by atoms with E-state index in [9.17, 15) is 4.79 Å². The van der Waals surface area contributed by atoms with Gasteiger partial charge in [-0.05, 0) is 60.5 Å². The maximum absolute atomic E-state index is 12.0. The van der Waals surface area contributed by atoms with E-state index in [2.05, 4.69) is 25.9 Å². The Morgan fingerprint density at radius 1 is 0.864 bits per heavy atom. The third kappa shape index (κ3) is 19.1. The van der Waals surface area contributed by atoms with Crippen molar-refractivity contribution in [2.24, 2.45) is 0 Å². The summed E-state index contributed by atoms with van der Waals surface area (Å²) in [6.45, 7) is 23.8. The largest absolute Gasteiger partial charge is 0.444 e. The third-order valence-electron chi connectivity index (χ3n) is 7.29. The van der Waals surface area contributed by atoms with Crippen LogP contribution in [0.3, 0.4) is 0 Å². The number of carbonyl (C=O) groups excluding carboxylic acids is 1. The molecule has 0 aromatic rings. The van der Waals surface area contributed by atoms with Gasteiger partial charge >= 0.3 is 6.09 Å². The quantitative estimate of drug-likeness (QED) is 0.141. The molecule has 0 unspecified atom stereocenters. The zero-order valence-electron chi connectivity index (χ0n) is 28.1. The van der Waals surface area contributed by atoms with Gasteiger partial charge in [0.25, 0.3) is 0 Å². The Kier molecular flexibility index (Phi) is 19.4. The third-order valence-corrected chi connectivity index (χ3v) is 7.29. The highest BCUT2D eigenvalue weighted by atomic mass is 16.7. The van der Waals surface area contributed by atoms with Crippen molar-refractivity contribution in [3.8, 4) is 12.3 Å². The van der Waals surface area contributed by atoms with Gasteiger partial charge in [-0.15, -0.1) is 6.42 Å². The summed E-state index contributed by atoms with van der Waals surface area (Å²) in [4.78, 5) is 19.5. The molecule has 2 aliphatic rings. The van der Waals surface area contributed by atoms with Gasteiger partial charge in [0.15, 0.2) is 5.79 Å². The number of terminal acetylenes is 1. The molecule has 0 spiro atoms. The Bertz CT molecular complexity index is 786. The first-order valence-electron chi connectivity index (χ1n) is 16.3. The number of ether oxygens (including phenoxy) is 7. The van der Waals surface area contributed by atoms with Crippen molar-refractivity contribution in [1.82, 2.24) is 20.0 Å². The lowest BCUT2D eigenvalue weighted by Crippen LogP contribution is -2.52. The van der Waals surface area contributed by atoms with Gasteiger partial charge in [-0.25, -0.2) is 4.79 Å². The van der Waals surface area contributed by atoms with E-state index in [-0.39, 0.29) is 12.1 Å². The number of nitrogens with one attached hydrogen (secondary N) is 1. The van der Waals surface area contributed by atoms with Gasteiger partial charge < -0.3 is 43.4 Å². The van der Waals surface area contributed by atoms with E-state index in [4.69, 9.17) is 39.6 Å². The Morgan fingerprint density at radius 2 is 1.39 bits per heavy atom. The molecule has 256 valence electrons. The molecule has 0 aromatic carbocycles. The highest BCUT2D eigenvalue weighted by Gasteiger charge is 2.31. The van der Waals surface area contributed by atoms with E-state index in [0.29, 0.717) is 72.6 Å². The van der Waals surface area contributed by atoms with Crippen molar-refractivity contribution < 1.29 is 38.0 Å². The molecule has 2 fully saturated rings. The monoisotopic (exact) mass is 628 g/mol. The summed E-state index contributed by atoms with van der Waals surface area (Å²) in [5.41, 5.74) is -0.495. The molecule has 0 atom stereocenters. The van der Waals surface area contributed by atoms with E-state index in [1.807, 2.05) is 34.6 Å². The van der Waals surface area contributed by atoms with E-state index in [1.165, 1.54) is 0 Å². The molecular formula is C32H60N4O8. The van der Waals surface area contributed by atoms with E-state index < -0.39 is 11.4 Å². The number of alkyl carbamates (subject to hydrolysis) is 1. The fourth-order valence-electron chi connectivity index (χ4n) is 4.88. The summed E-state index contributed by atoms with van der Waals surface area (Å²) in [5.74, 6) is 1.89. The van der Waals surface area contributed by atoms with Crippen molar-refractivity contribution in [2.75, 3.05) is 125 Å². The smallest absolute Gasteiger partial charge is 0.407 e. The second-order valence-corrected chi connectivity index (χ2v) is 12.6. The molecule has 0 aliphatic carbocycles. The van der Waals surface area contributed by atoms with E-state index >= 15 is 0 Å². The van der Waals surface area contributed by atoms with Crippen LogP contribution in [-0.4, -0.2) is 163 Å². The van der Waals surface area contributed by atoms with Gasteiger partial charge in [-0.1, -0.05) is 5.92 Å². The fourth-order valence-corrected chi connectivity index (χ4v) is 4.88. The molecule has 2 saturated heterocycles. The van der Waals surface area contributed by atoms with Gasteiger partial charge in [0.2, 0.25) is 0 Å². The normalized spacial score (nSPS) is 18.4. The van der Waals surface area contributed by atoms with Crippen LogP contribution in [0.25, 0.3) is 0 Å². The average Bonchev–Trinajstić information content (AvgIpc) is 2.97. The zero-order chi connectivity index (χ0) is 32.1. The molecule has 1 N–H and O–H groups in total. The first-order valence-corrected chi connectivity index (χ1v) is 16.3. The lowest BCUT2D eigenvalue weighted by molar-refractivity contribution is -0.263. The van der Waals surface area contributed by atoms with Crippen molar-refractivity contribution in [3.63, 3.8) is 0 Å². The van der Waals surface area contributed by atoms with Crippen molar-refractivity contribution in [2.45, 2.75) is 64.9 Å². The first-order chi connectivity index (χ1) is 21.1. The molecule has 0 bridgehead atoms. The Hall–Kier alpha value is -1.53. The molecule has 12 heteroatoms. The molecule has 0 aromatic heterocycles. The molecule has 2 heterocycles.